The van der Waals surface area contributed by atoms with Gasteiger partial charge >= 0.3 is 0 Å². The van der Waals surface area contributed by atoms with E-state index in [1.807, 2.05) is 19.9 Å². The van der Waals surface area contributed by atoms with Crippen molar-refractivity contribution < 1.29 is 4.39 Å². The molecule has 0 spiro atoms. The Labute approximate surface area is 133 Å². The van der Waals surface area contributed by atoms with Crippen LogP contribution in [0.4, 0.5) is 10.1 Å². The average molecular weight is 323 g/mol. The molecular formula is C16H13Cl2FN2. The van der Waals surface area contributed by atoms with E-state index >= 15 is 0 Å². The molecule has 0 fully saturated rings. The fourth-order valence-electron chi connectivity index (χ4n) is 2.03. The van der Waals surface area contributed by atoms with Gasteiger partial charge in [-0.25, -0.2) is 4.39 Å². The van der Waals surface area contributed by atoms with Crippen molar-refractivity contribution in [1.29, 1.82) is 5.26 Å². The van der Waals surface area contributed by atoms with Crippen LogP contribution in [0, 0.1) is 24.1 Å². The first-order chi connectivity index (χ1) is 9.92. The SMILES string of the molecule is Cc1ccc(C#N)cc1NC(C)c1cc(F)c(Cl)cc1Cl. The molecule has 0 heterocycles. The number of halogens is 3. The summed E-state index contributed by atoms with van der Waals surface area (Å²) in [5.74, 6) is -0.507. The molecule has 1 N–H and O–H groups in total. The highest BCUT2D eigenvalue weighted by atomic mass is 35.5. The van der Waals surface area contributed by atoms with Crippen molar-refractivity contribution in [3.05, 3.63) is 62.9 Å². The molecule has 0 aliphatic heterocycles. The standard InChI is InChI=1S/C16H13Cl2FN2/c1-9-3-4-11(8-20)5-16(9)21-10(2)12-6-15(19)14(18)7-13(12)17/h3-7,10,21H,1-2H3. The summed E-state index contributed by atoms with van der Waals surface area (Å²) >= 11 is 11.8. The van der Waals surface area contributed by atoms with Gasteiger partial charge in [-0.15, -0.1) is 0 Å². The fourth-order valence-corrected chi connectivity index (χ4v) is 2.57. The van der Waals surface area contributed by atoms with Crippen LogP contribution in [0.2, 0.25) is 10.0 Å². The van der Waals surface area contributed by atoms with Gasteiger partial charge in [0.15, 0.2) is 0 Å². The highest BCUT2D eigenvalue weighted by molar-refractivity contribution is 6.35. The van der Waals surface area contributed by atoms with E-state index in [0.29, 0.717) is 16.1 Å². The molecule has 2 aromatic carbocycles. The molecule has 0 amide bonds. The van der Waals surface area contributed by atoms with Crippen LogP contribution in [0.25, 0.3) is 0 Å². The number of hydrogen-bond donors (Lipinski definition) is 1. The number of nitriles is 1. The predicted molar refractivity (Wildman–Crippen MR) is 84.4 cm³/mol. The minimum atomic E-state index is -0.507. The zero-order valence-corrected chi connectivity index (χ0v) is 13.1. The summed E-state index contributed by atoms with van der Waals surface area (Å²) in [6, 6.07) is 9.95. The molecule has 1 atom stereocenters. The minimum absolute atomic E-state index is 0.00129. The Morgan fingerprint density at radius 2 is 1.90 bits per heavy atom. The van der Waals surface area contributed by atoms with Crippen molar-refractivity contribution in [3.8, 4) is 6.07 Å². The zero-order chi connectivity index (χ0) is 15.6. The maximum atomic E-state index is 13.6. The second kappa shape index (κ2) is 6.34. The quantitative estimate of drug-likeness (QED) is 0.759. The summed E-state index contributed by atoms with van der Waals surface area (Å²) in [6.45, 7) is 3.80. The molecule has 0 saturated heterocycles. The molecule has 0 aromatic heterocycles. The molecule has 0 bridgehead atoms. The fraction of sp³-hybridized carbons (Fsp3) is 0.188. The van der Waals surface area contributed by atoms with Gasteiger partial charge in [-0.3, -0.25) is 0 Å². The van der Waals surface area contributed by atoms with E-state index in [4.69, 9.17) is 28.5 Å². The third-order valence-corrected chi connectivity index (χ3v) is 3.86. The predicted octanol–water partition coefficient (Wildman–Crippen LogP) is 5.49. The number of nitrogens with one attached hydrogen (secondary N) is 1. The van der Waals surface area contributed by atoms with Crippen molar-refractivity contribution in [1.82, 2.24) is 0 Å². The Morgan fingerprint density at radius 1 is 1.19 bits per heavy atom. The van der Waals surface area contributed by atoms with Gasteiger partial charge < -0.3 is 5.32 Å². The highest BCUT2D eigenvalue weighted by Crippen LogP contribution is 2.31. The van der Waals surface area contributed by atoms with Gasteiger partial charge in [-0.2, -0.15) is 5.26 Å². The van der Waals surface area contributed by atoms with Gasteiger partial charge in [0.1, 0.15) is 5.82 Å². The average Bonchev–Trinajstić information content (AvgIpc) is 2.45. The molecule has 1 unspecified atom stereocenters. The number of rotatable bonds is 3. The van der Waals surface area contributed by atoms with E-state index in [0.717, 1.165) is 11.3 Å². The number of hydrogen-bond acceptors (Lipinski definition) is 2. The summed E-state index contributed by atoms with van der Waals surface area (Å²) in [5, 5.41) is 12.6. The van der Waals surface area contributed by atoms with Crippen molar-refractivity contribution >= 4 is 28.9 Å². The van der Waals surface area contributed by atoms with Crippen molar-refractivity contribution in [3.63, 3.8) is 0 Å². The second-order valence-electron chi connectivity index (χ2n) is 4.80. The van der Waals surface area contributed by atoms with Crippen LogP contribution in [0.3, 0.4) is 0 Å². The number of nitrogens with zero attached hydrogens (tertiary/aromatic N) is 1. The third kappa shape index (κ3) is 3.47. The van der Waals surface area contributed by atoms with Crippen LogP contribution in [-0.2, 0) is 0 Å². The molecule has 5 heteroatoms. The molecule has 21 heavy (non-hydrogen) atoms. The Kier molecular flexibility index (Phi) is 4.72. The Hall–Kier alpha value is -1.76. The van der Waals surface area contributed by atoms with Gasteiger partial charge in [-0.1, -0.05) is 29.3 Å². The molecule has 0 saturated carbocycles. The first kappa shape index (κ1) is 15.6. The number of anilines is 1. The summed E-state index contributed by atoms with van der Waals surface area (Å²) in [4.78, 5) is 0. The van der Waals surface area contributed by atoms with E-state index in [2.05, 4.69) is 11.4 Å². The normalized spacial score (nSPS) is 11.8. The molecule has 0 aliphatic rings. The summed E-state index contributed by atoms with van der Waals surface area (Å²) < 4.78 is 13.6. The lowest BCUT2D eigenvalue weighted by Crippen LogP contribution is -2.09. The highest BCUT2D eigenvalue weighted by Gasteiger charge is 2.14. The molecule has 0 radical (unpaired) electrons. The number of aryl methyl sites for hydroxylation is 1. The van der Waals surface area contributed by atoms with E-state index in [9.17, 15) is 4.39 Å². The maximum absolute atomic E-state index is 13.6. The third-order valence-electron chi connectivity index (χ3n) is 3.24. The van der Waals surface area contributed by atoms with Crippen LogP contribution in [0.5, 0.6) is 0 Å². The zero-order valence-electron chi connectivity index (χ0n) is 11.5. The van der Waals surface area contributed by atoms with E-state index in [1.54, 1.807) is 12.1 Å². The van der Waals surface area contributed by atoms with Crippen molar-refractivity contribution in [2.75, 3.05) is 5.32 Å². The smallest absolute Gasteiger partial charge is 0.142 e. The molecule has 2 nitrogen and oxygen atoms in total. The monoisotopic (exact) mass is 322 g/mol. The first-order valence-corrected chi connectivity index (χ1v) is 7.09. The van der Waals surface area contributed by atoms with Crippen LogP contribution in [0.15, 0.2) is 30.3 Å². The van der Waals surface area contributed by atoms with E-state index in [-0.39, 0.29) is 11.1 Å². The topological polar surface area (TPSA) is 35.8 Å². The lowest BCUT2D eigenvalue weighted by atomic mass is 10.1. The maximum Gasteiger partial charge on any atom is 0.142 e. The second-order valence-corrected chi connectivity index (χ2v) is 5.61. The lowest BCUT2D eigenvalue weighted by molar-refractivity contribution is 0.624. The van der Waals surface area contributed by atoms with E-state index < -0.39 is 5.82 Å². The van der Waals surface area contributed by atoms with Crippen molar-refractivity contribution in [2.45, 2.75) is 19.9 Å². The molecule has 0 aliphatic carbocycles. The Morgan fingerprint density at radius 3 is 2.57 bits per heavy atom. The lowest BCUT2D eigenvalue weighted by Gasteiger charge is -2.19. The summed E-state index contributed by atoms with van der Waals surface area (Å²) in [6.07, 6.45) is 0. The van der Waals surface area contributed by atoms with Gasteiger partial charge in [0, 0.05) is 10.7 Å². The summed E-state index contributed by atoms with van der Waals surface area (Å²) in [5.41, 5.74) is 2.98. The molecule has 2 aromatic rings. The Bertz CT molecular complexity index is 723. The molecular weight excluding hydrogens is 310 g/mol. The summed E-state index contributed by atoms with van der Waals surface area (Å²) in [7, 11) is 0. The largest absolute Gasteiger partial charge is 0.378 e. The van der Waals surface area contributed by atoms with Crippen LogP contribution in [0.1, 0.15) is 29.7 Å². The van der Waals surface area contributed by atoms with Crippen molar-refractivity contribution in [2.24, 2.45) is 0 Å². The van der Waals surface area contributed by atoms with Crippen LogP contribution in [-0.4, -0.2) is 0 Å². The van der Waals surface area contributed by atoms with Gasteiger partial charge in [0.2, 0.25) is 0 Å². The van der Waals surface area contributed by atoms with Gasteiger partial charge in [-0.05, 0) is 49.2 Å². The Balaban J connectivity index is 2.32. The van der Waals surface area contributed by atoms with E-state index in [1.165, 1.54) is 12.1 Å². The van der Waals surface area contributed by atoms with Crippen LogP contribution < -0.4 is 5.32 Å². The molecule has 2 rings (SSSR count). The minimum Gasteiger partial charge on any atom is -0.378 e. The van der Waals surface area contributed by atoms with Gasteiger partial charge in [0.25, 0.3) is 0 Å². The van der Waals surface area contributed by atoms with Crippen LogP contribution >= 0.6 is 23.2 Å². The first-order valence-electron chi connectivity index (χ1n) is 6.34. The molecule has 108 valence electrons. The number of benzene rings is 2. The van der Waals surface area contributed by atoms with Gasteiger partial charge in [0.05, 0.1) is 22.7 Å².